The molecular formula is C50H30N4S2. The number of rotatable bonds is 5. The molecule has 9 aromatic carbocycles. The monoisotopic (exact) mass is 750 g/mol. The van der Waals surface area contributed by atoms with Gasteiger partial charge in [0.05, 0.1) is 5.69 Å². The summed E-state index contributed by atoms with van der Waals surface area (Å²) in [5, 5.41) is 19.6. The summed E-state index contributed by atoms with van der Waals surface area (Å²) in [5.74, 6) is 0. The van der Waals surface area contributed by atoms with Crippen LogP contribution in [0.15, 0.2) is 182 Å². The van der Waals surface area contributed by atoms with E-state index in [2.05, 4.69) is 173 Å². The lowest BCUT2D eigenvalue weighted by molar-refractivity contribution is 0.766. The molecule has 0 amide bonds. The maximum Gasteiger partial charge on any atom is 0.113 e. The van der Waals surface area contributed by atoms with Crippen LogP contribution in [0, 0.1) is 0 Å². The molecule has 6 heteroatoms. The number of nitrogens with zero attached hydrogens (tertiary/aromatic N) is 4. The number of benzene rings is 9. The minimum absolute atomic E-state index is 0.885. The number of thiophene rings is 2. The van der Waals surface area contributed by atoms with Crippen molar-refractivity contribution in [3.8, 4) is 16.8 Å². The molecule has 12 rings (SSSR count). The summed E-state index contributed by atoms with van der Waals surface area (Å²) in [6.07, 6.45) is 0. The Morgan fingerprint density at radius 1 is 0.375 bits per heavy atom. The molecule has 0 saturated carbocycles. The second kappa shape index (κ2) is 12.3. The second-order valence-corrected chi connectivity index (χ2v) is 16.4. The molecule has 0 aliphatic heterocycles. The summed E-state index contributed by atoms with van der Waals surface area (Å²) in [4.78, 5) is 4.12. The number of anilines is 3. The van der Waals surface area contributed by atoms with Crippen LogP contribution in [0.4, 0.5) is 17.1 Å². The minimum atomic E-state index is 0.885. The second-order valence-electron chi connectivity index (χ2n) is 14.3. The standard InChI is InChI=1S/C50H30N4S2/c1-5-11-47-39(7-1)41-27-19-33-17-25-37(29-43(33)49(41)55-47)53(38-26-18-34-20-28-42-40-8-2-6-12-48(40)56-50(42)44(34)30-38)35-21-13-31(14-22-35)32-15-23-36(24-16-32)54-51-45-9-3-4-10-46(45)52-54/h1-30H. The molecule has 3 heterocycles. The number of aromatic nitrogens is 3. The average Bonchev–Trinajstić information content (AvgIpc) is 3.98. The van der Waals surface area contributed by atoms with E-state index < -0.39 is 0 Å². The zero-order chi connectivity index (χ0) is 36.7. The van der Waals surface area contributed by atoms with Gasteiger partial charge >= 0.3 is 0 Å². The van der Waals surface area contributed by atoms with Gasteiger partial charge in [-0.1, -0.05) is 109 Å². The first-order chi connectivity index (χ1) is 27.7. The van der Waals surface area contributed by atoms with Gasteiger partial charge in [-0.15, -0.1) is 32.9 Å². The lowest BCUT2D eigenvalue weighted by Crippen LogP contribution is -2.10. The van der Waals surface area contributed by atoms with Crippen molar-refractivity contribution in [3.05, 3.63) is 182 Å². The van der Waals surface area contributed by atoms with E-state index in [9.17, 15) is 0 Å². The summed E-state index contributed by atoms with van der Waals surface area (Å²) in [6.45, 7) is 0. The van der Waals surface area contributed by atoms with E-state index in [0.717, 1.165) is 44.9 Å². The molecule has 0 aliphatic rings. The highest BCUT2D eigenvalue weighted by atomic mass is 32.1. The van der Waals surface area contributed by atoms with Crippen LogP contribution in [0.3, 0.4) is 0 Å². The Morgan fingerprint density at radius 2 is 0.821 bits per heavy atom. The molecule has 0 radical (unpaired) electrons. The Bertz CT molecular complexity index is 3300. The lowest BCUT2D eigenvalue weighted by Gasteiger charge is -2.26. The Morgan fingerprint density at radius 3 is 1.36 bits per heavy atom. The van der Waals surface area contributed by atoms with Crippen LogP contribution in [-0.2, 0) is 0 Å². The van der Waals surface area contributed by atoms with E-state index in [-0.39, 0.29) is 0 Å². The van der Waals surface area contributed by atoms with Crippen molar-refractivity contribution >= 4 is 113 Å². The molecule has 12 aromatic rings. The number of hydrogen-bond donors (Lipinski definition) is 0. The average molecular weight is 751 g/mol. The molecule has 0 N–H and O–H groups in total. The zero-order valence-electron chi connectivity index (χ0n) is 29.9. The minimum Gasteiger partial charge on any atom is -0.310 e. The predicted octanol–water partition coefficient (Wildman–Crippen LogP) is 14.6. The van der Waals surface area contributed by atoms with E-state index in [4.69, 9.17) is 0 Å². The van der Waals surface area contributed by atoms with Gasteiger partial charge in [-0.05, 0) is 94.7 Å². The summed E-state index contributed by atoms with van der Waals surface area (Å²) in [7, 11) is 0. The highest BCUT2D eigenvalue weighted by molar-refractivity contribution is 7.27. The summed E-state index contributed by atoms with van der Waals surface area (Å²) >= 11 is 3.76. The Labute approximate surface area is 329 Å². The normalized spacial score (nSPS) is 11.9. The molecule has 262 valence electrons. The van der Waals surface area contributed by atoms with Crippen LogP contribution < -0.4 is 4.90 Å². The van der Waals surface area contributed by atoms with Crippen molar-refractivity contribution in [2.24, 2.45) is 0 Å². The first-order valence-electron chi connectivity index (χ1n) is 18.7. The van der Waals surface area contributed by atoms with Crippen molar-refractivity contribution in [1.29, 1.82) is 0 Å². The Balaban J connectivity index is 0.999. The van der Waals surface area contributed by atoms with Crippen LogP contribution in [0.5, 0.6) is 0 Å². The maximum atomic E-state index is 4.67. The first-order valence-corrected chi connectivity index (χ1v) is 20.4. The summed E-state index contributed by atoms with van der Waals surface area (Å²) in [5.41, 5.74) is 8.34. The van der Waals surface area contributed by atoms with Crippen LogP contribution in [-0.4, -0.2) is 15.0 Å². The number of hydrogen-bond acceptors (Lipinski definition) is 5. The van der Waals surface area contributed by atoms with Crippen molar-refractivity contribution in [2.45, 2.75) is 0 Å². The molecule has 0 fully saturated rings. The smallest absolute Gasteiger partial charge is 0.113 e. The van der Waals surface area contributed by atoms with Crippen molar-refractivity contribution in [1.82, 2.24) is 15.0 Å². The molecule has 3 aromatic heterocycles. The van der Waals surface area contributed by atoms with E-state index >= 15 is 0 Å². The molecule has 0 saturated heterocycles. The van der Waals surface area contributed by atoms with Gasteiger partial charge in [0.1, 0.15) is 11.0 Å². The Hall–Kier alpha value is -6.86. The molecule has 0 unspecified atom stereocenters. The van der Waals surface area contributed by atoms with Crippen LogP contribution in [0.2, 0.25) is 0 Å². The van der Waals surface area contributed by atoms with Crippen LogP contribution >= 0.6 is 22.7 Å². The molecule has 0 atom stereocenters. The summed E-state index contributed by atoms with van der Waals surface area (Å²) < 4.78 is 5.29. The highest BCUT2D eigenvalue weighted by Crippen LogP contribution is 2.44. The van der Waals surface area contributed by atoms with Crippen LogP contribution in [0.1, 0.15) is 0 Å². The quantitative estimate of drug-likeness (QED) is 0.176. The van der Waals surface area contributed by atoms with Gasteiger partial charge in [0.25, 0.3) is 0 Å². The number of fused-ring (bicyclic) bond motifs is 11. The Kier molecular flexibility index (Phi) is 6.93. The molecule has 0 aliphatic carbocycles. The summed E-state index contributed by atoms with van der Waals surface area (Å²) in [6, 6.07) is 65.9. The van der Waals surface area contributed by atoms with Gasteiger partial charge in [0.2, 0.25) is 0 Å². The van der Waals surface area contributed by atoms with Crippen molar-refractivity contribution in [3.63, 3.8) is 0 Å². The third-order valence-electron chi connectivity index (χ3n) is 11.0. The molecule has 0 bridgehead atoms. The first kappa shape index (κ1) is 31.5. The highest BCUT2D eigenvalue weighted by Gasteiger charge is 2.18. The molecule has 0 spiro atoms. The van der Waals surface area contributed by atoms with E-state index in [1.165, 1.54) is 61.9 Å². The molecular weight excluding hydrogens is 721 g/mol. The molecule has 56 heavy (non-hydrogen) atoms. The zero-order valence-corrected chi connectivity index (χ0v) is 31.6. The fourth-order valence-electron chi connectivity index (χ4n) is 8.27. The SMILES string of the molecule is c1ccc2nn(-c3ccc(-c4ccc(N(c5ccc6ccc7c8ccccc8sc7c6c5)c5ccc6ccc7c8ccccc8sc7c6c5)cc4)cc3)nc2c1. The maximum absolute atomic E-state index is 4.67. The van der Waals surface area contributed by atoms with Crippen LogP contribution in [0.25, 0.3) is 89.7 Å². The van der Waals surface area contributed by atoms with Gasteiger partial charge < -0.3 is 4.90 Å². The third-order valence-corrected chi connectivity index (χ3v) is 13.5. The lowest BCUT2D eigenvalue weighted by atomic mass is 10.0. The predicted molar refractivity (Wildman–Crippen MR) is 240 cm³/mol. The van der Waals surface area contributed by atoms with Crippen molar-refractivity contribution < 1.29 is 0 Å². The fourth-order valence-corrected chi connectivity index (χ4v) is 10.7. The van der Waals surface area contributed by atoms with Gasteiger partial charge in [-0.25, -0.2) is 0 Å². The topological polar surface area (TPSA) is 34.0 Å². The van der Waals surface area contributed by atoms with E-state index in [1.807, 2.05) is 46.9 Å². The van der Waals surface area contributed by atoms with E-state index in [0.29, 0.717) is 0 Å². The molecule has 4 nitrogen and oxygen atoms in total. The van der Waals surface area contributed by atoms with Gasteiger partial charge in [-0.3, -0.25) is 0 Å². The van der Waals surface area contributed by atoms with Gasteiger partial charge in [-0.2, -0.15) is 4.80 Å². The third kappa shape index (κ3) is 4.97. The van der Waals surface area contributed by atoms with E-state index in [1.54, 1.807) is 4.80 Å². The largest absolute Gasteiger partial charge is 0.310 e. The van der Waals surface area contributed by atoms with Gasteiger partial charge in [0, 0.05) is 68.2 Å². The van der Waals surface area contributed by atoms with Crippen molar-refractivity contribution in [2.75, 3.05) is 4.90 Å². The van der Waals surface area contributed by atoms with Gasteiger partial charge in [0.15, 0.2) is 0 Å². The fraction of sp³-hybridized carbons (Fsp3) is 0.